The van der Waals surface area contributed by atoms with Crippen LogP contribution < -0.4 is 11.1 Å². The van der Waals surface area contributed by atoms with Crippen LogP contribution in [-0.2, 0) is 27.3 Å². The summed E-state index contributed by atoms with van der Waals surface area (Å²) < 4.78 is 33.3. The summed E-state index contributed by atoms with van der Waals surface area (Å²) in [6.07, 6.45) is -0.126. The summed E-state index contributed by atoms with van der Waals surface area (Å²) in [5, 5.41) is 4.58. The summed E-state index contributed by atoms with van der Waals surface area (Å²) >= 11 is 2.65. The first-order valence-electron chi connectivity index (χ1n) is 9.29. The molecule has 0 unspecified atom stereocenters. The number of nitrogens with two attached hydrogens (primary N) is 1. The summed E-state index contributed by atoms with van der Waals surface area (Å²) in [7, 11) is 0. The maximum Gasteiger partial charge on any atom is 0.230 e. The van der Waals surface area contributed by atoms with Crippen molar-refractivity contribution >= 4 is 34.9 Å². The molecule has 0 bridgehead atoms. The first-order chi connectivity index (χ1) is 14.4. The van der Waals surface area contributed by atoms with Crippen LogP contribution >= 0.6 is 23.1 Å². The fourth-order valence-electron chi connectivity index (χ4n) is 2.96. The molecular weight excluding hydrogens is 434 g/mol. The zero-order valence-corrected chi connectivity index (χ0v) is 17.7. The van der Waals surface area contributed by atoms with Gasteiger partial charge in [-0.3, -0.25) is 14.5 Å². The van der Waals surface area contributed by atoms with Crippen molar-refractivity contribution in [1.82, 2.24) is 15.2 Å². The molecular formula is C19H22F2N4O3S2. The van der Waals surface area contributed by atoms with Crippen molar-refractivity contribution in [2.24, 2.45) is 5.73 Å². The zero-order valence-electron chi connectivity index (χ0n) is 16.1. The summed E-state index contributed by atoms with van der Waals surface area (Å²) in [6, 6.07) is 3.57. The minimum Gasteiger partial charge on any atom is -0.374 e. The van der Waals surface area contributed by atoms with E-state index in [1.54, 1.807) is 5.38 Å². The number of aromatic nitrogens is 1. The van der Waals surface area contributed by atoms with Crippen LogP contribution in [0.4, 0.5) is 8.78 Å². The summed E-state index contributed by atoms with van der Waals surface area (Å²) in [5.41, 5.74) is 6.17. The van der Waals surface area contributed by atoms with Crippen LogP contribution in [0.1, 0.15) is 11.3 Å². The molecule has 30 heavy (non-hydrogen) atoms. The number of primary amides is 1. The van der Waals surface area contributed by atoms with Crippen molar-refractivity contribution in [2.45, 2.75) is 23.4 Å². The maximum atomic E-state index is 13.9. The molecule has 1 fully saturated rings. The maximum absolute atomic E-state index is 13.9. The van der Waals surface area contributed by atoms with Gasteiger partial charge in [-0.1, -0.05) is 17.8 Å². The van der Waals surface area contributed by atoms with Gasteiger partial charge >= 0.3 is 0 Å². The average molecular weight is 457 g/mol. The van der Waals surface area contributed by atoms with Crippen molar-refractivity contribution in [3.8, 4) is 0 Å². The number of halogens is 2. The monoisotopic (exact) mass is 456 g/mol. The van der Waals surface area contributed by atoms with E-state index in [2.05, 4.69) is 10.3 Å². The lowest BCUT2D eigenvalue weighted by Crippen LogP contribution is -2.47. The second-order valence-corrected chi connectivity index (χ2v) is 8.88. The van der Waals surface area contributed by atoms with E-state index in [0.29, 0.717) is 48.4 Å². The quantitative estimate of drug-likeness (QED) is 0.556. The Bertz CT molecular complexity index is 896. The number of ether oxygens (including phenoxy) is 1. The summed E-state index contributed by atoms with van der Waals surface area (Å²) in [5.74, 6) is -1.57. The number of carbonyl (C=O) groups is 2. The second-order valence-electron chi connectivity index (χ2n) is 6.80. The fraction of sp³-hybridized carbons (Fsp3) is 0.421. The molecule has 2 amide bonds. The molecule has 1 aliphatic heterocycles. The van der Waals surface area contributed by atoms with Crippen molar-refractivity contribution in [3.05, 3.63) is 46.5 Å². The number of rotatable bonds is 9. The van der Waals surface area contributed by atoms with Crippen LogP contribution in [0.15, 0.2) is 27.9 Å². The number of amides is 2. The Balaban J connectivity index is 1.40. The van der Waals surface area contributed by atoms with Crippen LogP contribution in [-0.4, -0.2) is 59.8 Å². The van der Waals surface area contributed by atoms with Gasteiger partial charge in [0, 0.05) is 43.2 Å². The van der Waals surface area contributed by atoms with Gasteiger partial charge in [-0.15, -0.1) is 11.3 Å². The van der Waals surface area contributed by atoms with Crippen molar-refractivity contribution in [3.63, 3.8) is 0 Å². The predicted octanol–water partition coefficient (Wildman–Crippen LogP) is 1.56. The highest BCUT2D eigenvalue weighted by Crippen LogP contribution is 2.22. The Labute approximate surface area is 181 Å². The van der Waals surface area contributed by atoms with Gasteiger partial charge in [0.25, 0.3) is 0 Å². The van der Waals surface area contributed by atoms with Crippen molar-refractivity contribution in [2.75, 3.05) is 32.0 Å². The first kappa shape index (κ1) is 22.6. The molecule has 1 saturated heterocycles. The van der Waals surface area contributed by atoms with Crippen LogP contribution in [0.5, 0.6) is 0 Å². The van der Waals surface area contributed by atoms with E-state index in [0.717, 1.165) is 6.07 Å². The van der Waals surface area contributed by atoms with Crippen LogP contribution in [0.2, 0.25) is 0 Å². The predicted molar refractivity (Wildman–Crippen MR) is 110 cm³/mol. The smallest absolute Gasteiger partial charge is 0.230 e. The lowest BCUT2D eigenvalue weighted by molar-refractivity contribution is -0.120. The lowest BCUT2D eigenvalue weighted by atomic mass is 10.1. The normalized spacial score (nSPS) is 17.1. The van der Waals surface area contributed by atoms with E-state index in [1.165, 1.54) is 35.2 Å². The minimum absolute atomic E-state index is 0.0839. The highest BCUT2D eigenvalue weighted by Gasteiger charge is 2.22. The van der Waals surface area contributed by atoms with E-state index in [1.807, 2.05) is 4.90 Å². The van der Waals surface area contributed by atoms with Crippen molar-refractivity contribution < 1.29 is 23.1 Å². The first-order valence-corrected chi connectivity index (χ1v) is 11.2. The molecule has 0 radical (unpaired) electrons. The van der Waals surface area contributed by atoms with Crippen LogP contribution in [0.25, 0.3) is 0 Å². The van der Waals surface area contributed by atoms with Crippen LogP contribution in [0.3, 0.4) is 0 Å². The van der Waals surface area contributed by atoms with Crippen LogP contribution in [0, 0.1) is 11.6 Å². The third kappa shape index (κ3) is 7.01. The molecule has 0 saturated carbocycles. The van der Waals surface area contributed by atoms with Gasteiger partial charge in [-0.25, -0.2) is 13.8 Å². The fourth-order valence-corrected chi connectivity index (χ4v) is 4.63. The number of morpholine rings is 1. The molecule has 2 heterocycles. The van der Waals surface area contributed by atoms with E-state index in [-0.39, 0.29) is 24.2 Å². The average Bonchev–Trinajstić information content (AvgIpc) is 3.14. The molecule has 7 nitrogen and oxygen atoms in total. The molecule has 0 spiro atoms. The molecule has 1 aromatic carbocycles. The molecule has 1 atom stereocenters. The number of nitrogens with one attached hydrogen (secondary N) is 1. The number of thioether (sulfide) groups is 1. The number of nitrogens with zero attached hydrogens (tertiary/aromatic N) is 2. The molecule has 1 aromatic heterocycles. The highest BCUT2D eigenvalue weighted by molar-refractivity contribution is 8.01. The van der Waals surface area contributed by atoms with E-state index >= 15 is 0 Å². The van der Waals surface area contributed by atoms with E-state index in [4.69, 9.17) is 10.5 Å². The zero-order chi connectivity index (χ0) is 21.5. The number of thiazole rings is 1. The molecule has 3 N–H and O–H groups in total. The standard InChI is InChI=1S/C19H22F2N4O3S2/c20-13-2-1-12(16(21)5-13)8-25-3-4-28-15(9-25)7-23-18(27)11-30-19-24-14(10-29-19)6-17(22)26/h1-2,5,10,15H,3-4,6-9,11H2,(H2,22,26)(H,23,27)/t15-/m0/s1. The van der Waals surface area contributed by atoms with Gasteiger partial charge in [0.05, 0.1) is 30.6 Å². The van der Waals surface area contributed by atoms with Gasteiger partial charge in [0.2, 0.25) is 11.8 Å². The number of hydrogen-bond donors (Lipinski definition) is 2. The van der Waals surface area contributed by atoms with Gasteiger partial charge in [0.1, 0.15) is 11.6 Å². The topological polar surface area (TPSA) is 97.5 Å². The Morgan fingerprint density at radius 1 is 1.40 bits per heavy atom. The molecule has 3 rings (SSSR count). The Kier molecular flexibility index (Phi) is 8.14. The Morgan fingerprint density at radius 2 is 2.23 bits per heavy atom. The van der Waals surface area contributed by atoms with Gasteiger partial charge in [-0.2, -0.15) is 0 Å². The second kappa shape index (κ2) is 10.8. The lowest BCUT2D eigenvalue weighted by Gasteiger charge is -2.33. The Morgan fingerprint density at radius 3 is 3.00 bits per heavy atom. The SMILES string of the molecule is NC(=O)Cc1csc(SCC(=O)NC[C@H]2CN(Cc3ccc(F)cc3F)CCO2)n1. The van der Waals surface area contributed by atoms with Gasteiger partial charge in [-0.05, 0) is 6.07 Å². The summed E-state index contributed by atoms with van der Waals surface area (Å²) in [6.45, 7) is 2.34. The third-order valence-corrected chi connectivity index (χ3v) is 6.44. The highest BCUT2D eigenvalue weighted by atomic mass is 32.2. The molecule has 162 valence electrons. The molecule has 1 aliphatic rings. The molecule has 2 aromatic rings. The number of carbonyl (C=O) groups excluding carboxylic acids is 2. The largest absolute Gasteiger partial charge is 0.374 e. The molecule has 0 aliphatic carbocycles. The van der Waals surface area contributed by atoms with E-state index in [9.17, 15) is 18.4 Å². The summed E-state index contributed by atoms with van der Waals surface area (Å²) in [4.78, 5) is 29.3. The third-order valence-electron chi connectivity index (χ3n) is 4.37. The van der Waals surface area contributed by atoms with Crippen molar-refractivity contribution in [1.29, 1.82) is 0 Å². The van der Waals surface area contributed by atoms with Gasteiger partial charge < -0.3 is 15.8 Å². The molecule has 11 heteroatoms. The number of hydrogen-bond acceptors (Lipinski definition) is 7. The minimum atomic E-state index is -0.599. The number of benzene rings is 1. The van der Waals surface area contributed by atoms with Gasteiger partial charge in [0.15, 0.2) is 4.34 Å². The Hall–Kier alpha value is -2.08. The van der Waals surface area contributed by atoms with E-state index < -0.39 is 17.5 Å².